The maximum Gasteiger partial charge on any atom is 0.331 e. The Bertz CT molecular complexity index is 1510. The van der Waals surface area contributed by atoms with Crippen LogP contribution in [0.15, 0.2) is 58.1 Å². The lowest BCUT2D eigenvalue weighted by molar-refractivity contribution is 0.0476. The fourth-order valence-electron chi connectivity index (χ4n) is 4.96. The highest BCUT2D eigenvalue weighted by Gasteiger charge is 2.33. The van der Waals surface area contributed by atoms with Crippen molar-refractivity contribution >= 4 is 10.9 Å². The summed E-state index contributed by atoms with van der Waals surface area (Å²) in [5, 5.41) is 0.516. The summed E-state index contributed by atoms with van der Waals surface area (Å²) in [5.41, 5.74) is 3.27. The van der Waals surface area contributed by atoms with E-state index in [1.54, 1.807) is 11.6 Å². The number of nitrogens with zero attached hydrogens (tertiary/aromatic N) is 3. The average molecular weight is 476 g/mol. The van der Waals surface area contributed by atoms with Crippen LogP contribution in [0.4, 0.5) is 0 Å². The van der Waals surface area contributed by atoms with Gasteiger partial charge in [-0.3, -0.25) is 13.9 Å². The van der Waals surface area contributed by atoms with E-state index in [1.165, 1.54) is 11.6 Å². The van der Waals surface area contributed by atoms with Gasteiger partial charge in [-0.15, -0.1) is 0 Å². The molecule has 8 nitrogen and oxygen atoms in total. The van der Waals surface area contributed by atoms with Gasteiger partial charge in [0.25, 0.3) is 5.56 Å². The molecule has 8 heteroatoms. The monoisotopic (exact) mass is 475 g/mol. The molecule has 0 radical (unpaired) electrons. The topological polar surface area (TPSA) is 76.6 Å². The van der Waals surface area contributed by atoms with E-state index < -0.39 is 6.10 Å². The number of ether oxygens (including phenoxy) is 3. The summed E-state index contributed by atoms with van der Waals surface area (Å²) in [6, 6.07) is 15.6. The van der Waals surface area contributed by atoms with Gasteiger partial charge in [0, 0.05) is 20.6 Å². The second kappa shape index (κ2) is 9.11. The lowest BCUT2D eigenvalue weighted by Crippen LogP contribution is -2.37. The van der Waals surface area contributed by atoms with Crippen LogP contribution in [-0.2, 0) is 25.4 Å². The molecule has 0 N–H and O–H groups in total. The van der Waals surface area contributed by atoms with E-state index in [0.29, 0.717) is 48.8 Å². The molecule has 0 saturated carbocycles. The number of hydrogen-bond donors (Lipinski definition) is 0. The standard InChI is InChI=1S/C27H29N3O5/c1-5-33-19-13-12-18(16-20(19)34-6-2)25-24-23-21(26(31)29(4)27(32)28(23)3)22(30(24)14-15-35-25)17-10-8-7-9-11-17/h7-13,16,25H,5-6,14-15H2,1-4H3/t25-/m1/s1. The summed E-state index contributed by atoms with van der Waals surface area (Å²) < 4.78 is 22.7. The van der Waals surface area contributed by atoms with Gasteiger partial charge in [-0.05, 0) is 37.1 Å². The lowest BCUT2D eigenvalue weighted by Gasteiger charge is -2.28. The van der Waals surface area contributed by atoms with Gasteiger partial charge in [-0.2, -0.15) is 0 Å². The van der Waals surface area contributed by atoms with Gasteiger partial charge in [0.05, 0.1) is 42.1 Å². The fraction of sp³-hybridized carbons (Fsp3) is 0.333. The Morgan fingerprint density at radius 1 is 0.943 bits per heavy atom. The Kier molecular flexibility index (Phi) is 5.98. The SMILES string of the molecule is CCOc1ccc([C@H]2OCCn3c(-c4ccccc4)c4c(=O)n(C)c(=O)n(C)c4c32)cc1OCC. The molecule has 2 aromatic carbocycles. The molecule has 4 aromatic rings. The molecule has 0 saturated heterocycles. The van der Waals surface area contributed by atoms with Crippen molar-refractivity contribution in [1.29, 1.82) is 0 Å². The van der Waals surface area contributed by atoms with Crippen molar-refractivity contribution in [3.8, 4) is 22.8 Å². The van der Waals surface area contributed by atoms with E-state index >= 15 is 0 Å². The van der Waals surface area contributed by atoms with Gasteiger partial charge in [0.2, 0.25) is 0 Å². The second-order valence-electron chi connectivity index (χ2n) is 8.50. The Morgan fingerprint density at radius 2 is 1.66 bits per heavy atom. The van der Waals surface area contributed by atoms with E-state index in [0.717, 1.165) is 22.5 Å². The molecule has 0 spiro atoms. The Balaban J connectivity index is 1.83. The molecule has 5 rings (SSSR count). The number of hydrogen-bond acceptors (Lipinski definition) is 5. The smallest absolute Gasteiger partial charge is 0.331 e. The number of aromatic nitrogens is 3. The number of aryl methyl sites for hydroxylation is 1. The quantitative estimate of drug-likeness (QED) is 0.426. The molecule has 0 unspecified atom stereocenters. The molecule has 2 aromatic heterocycles. The summed E-state index contributed by atoms with van der Waals surface area (Å²) >= 11 is 0. The third kappa shape index (κ3) is 3.65. The lowest BCUT2D eigenvalue weighted by atomic mass is 10.0. The van der Waals surface area contributed by atoms with Gasteiger partial charge in [0.15, 0.2) is 11.5 Å². The van der Waals surface area contributed by atoms with Crippen LogP contribution in [0.2, 0.25) is 0 Å². The fourth-order valence-corrected chi connectivity index (χ4v) is 4.96. The number of fused-ring (bicyclic) bond motifs is 3. The van der Waals surface area contributed by atoms with Crippen LogP contribution in [0.25, 0.3) is 22.2 Å². The summed E-state index contributed by atoms with van der Waals surface area (Å²) in [6.07, 6.45) is -0.490. The van der Waals surface area contributed by atoms with E-state index in [1.807, 2.05) is 62.4 Å². The number of benzene rings is 2. The van der Waals surface area contributed by atoms with Gasteiger partial charge >= 0.3 is 5.69 Å². The minimum absolute atomic E-state index is 0.315. The molecule has 182 valence electrons. The van der Waals surface area contributed by atoms with E-state index in [9.17, 15) is 9.59 Å². The third-order valence-electron chi connectivity index (χ3n) is 6.47. The molecule has 0 fully saturated rings. The van der Waals surface area contributed by atoms with Gasteiger partial charge in [0.1, 0.15) is 6.10 Å². The van der Waals surface area contributed by atoms with Crippen molar-refractivity contribution < 1.29 is 14.2 Å². The summed E-state index contributed by atoms with van der Waals surface area (Å²) in [7, 11) is 3.22. The zero-order valence-corrected chi connectivity index (χ0v) is 20.4. The van der Waals surface area contributed by atoms with Crippen LogP contribution in [-0.4, -0.2) is 33.5 Å². The highest BCUT2D eigenvalue weighted by atomic mass is 16.5. The minimum atomic E-state index is -0.490. The Morgan fingerprint density at radius 3 is 2.37 bits per heavy atom. The molecule has 35 heavy (non-hydrogen) atoms. The van der Waals surface area contributed by atoms with Crippen molar-refractivity contribution in [3.63, 3.8) is 0 Å². The summed E-state index contributed by atoms with van der Waals surface area (Å²) in [4.78, 5) is 26.4. The average Bonchev–Trinajstić information content (AvgIpc) is 3.23. The summed E-state index contributed by atoms with van der Waals surface area (Å²) in [6.45, 7) is 5.91. The maximum atomic E-state index is 13.5. The second-order valence-corrected chi connectivity index (χ2v) is 8.50. The van der Waals surface area contributed by atoms with Gasteiger partial charge < -0.3 is 18.8 Å². The highest BCUT2D eigenvalue weighted by molar-refractivity contribution is 5.96. The van der Waals surface area contributed by atoms with Crippen molar-refractivity contribution in [2.45, 2.75) is 26.5 Å². The zero-order chi connectivity index (χ0) is 24.7. The predicted octanol–water partition coefficient (Wildman–Crippen LogP) is 3.62. The van der Waals surface area contributed by atoms with Crippen molar-refractivity contribution in [3.05, 3.63) is 80.6 Å². The Labute approximate surface area is 202 Å². The minimum Gasteiger partial charge on any atom is -0.490 e. The van der Waals surface area contributed by atoms with Crippen LogP contribution in [0.1, 0.15) is 31.2 Å². The van der Waals surface area contributed by atoms with Crippen LogP contribution >= 0.6 is 0 Å². The number of rotatable bonds is 6. The van der Waals surface area contributed by atoms with Crippen LogP contribution < -0.4 is 20.7 Å². The third-order valence-corrected chi connectivity index (χ3v) is 6.47. The predicted molar refractivity (Wildman–Crippen MR) is 134 cm³/mol. The van der Waals surface area contributed by atoms with E-state index in [-0.39, 0.29) is 11.2 Å². The molecule has 0 aliphatic carbocycles. The molecular formula is C27H29N3O5. The first kappa shape index (κ1) is 23.0. The molecule has 1 aliphatic rings. The molecule has 0 amide bonds. The van der Waals surface area contributed by atoms with E-state index in [4.69, 9.17) is 14.2 Å². The van der Waals surface area contributed by atoms with Crippen LogP contribution in [0.3, 0.4) is 0 Å². The van der Waals surface area contributed by atoms with Gasteiger partial charge in [-0.25, -0.2) is 4.79 Å². The first-order valence-corrected chi connectivity index (χ1v) is 11.9. The molecular weight excluding hydrogens is 446 g/mol. The molecule has 1 aliphatic heterocycles. The van der Waals surface area contributed by atoms with Crippen molar-refractivity contribution in [1.82, 2.24) is 13.7 Å². The molecule has 3 heterocycles. The van der Waals surface area contributed by atoms with Crippen LogP contribution in [0.5, 0.6) is 11.5 Å². The normalized spacial score (nSPS) is 15.3. The largest absolute Gasteiger partial charge is 0.490 e. The first-order valence-electron chi connectivity index (χ1n) is 11.9. The highest BCUT2D eigenvalue weighted by Crippen LogP contribution is 2.42. The molecule has 1 atom stereocenters. The molecule has 0 bridgehead atoms. The Hall–Kier alpha value is -3.78. The van der Waals surface area contributed by atoms with Crippen LogP contribution in [0, 0.1) is 0 Å². The first-order chi connectivity index (χ1) is 17.0. The van der Waals surface area contributed by atoms with Gasteiger partial charge in [-0.1, -0.05) is 36.4 Å². The van der Waals surface area contributed by atoms with Crippen molar-refractivity contribution in [2.24, 2.45) is 14.1 Å². The zero-order valence-electron chi connectivity index (χ0n) is 20.4. The maximum absolute atomic E-state index is 13.5. The summed E-state index contributed by atoms with van der Waals surface area (Å²) in [5.74, 6) is 1.30. The van der Waals surface area contributed by atoms with E-state index in [2.05, 4.69) is 4.57 Å². The van der Waals surface area contributed by atoms with Crippen molar-refractivity contribution in [2.75, 3.05) is 19.8 Å².